The van der Waals surface area contributed by atoms with Gasteiger partial charge in [-0.15, -0.1) is 0 Å². The number of halogens is 3. The first-order chi connectivity index (χ1) is 8.36. The zero-order valence-corrected chi connectivity index (χ0v) is 10.6. The van der Waals surface area contributed by atoms with Crippen LogP contribution in [-0.2, 0) is 0 Å². The molecule has 1 unspecified atom stereocenters. The number of nitrogens with zero attached hydrogens (tertiary/aromatic N) is 1. The normalized spacial score (nSPS) is 12.6. The van der Waals surface area contributed by atoms with Crippen LogP contribution in [0.1, 0.15) is 20.3 Å². The van der Waals surface area contributed by atoms with E-state index < -0.39 is 18.2 Å². The Balaban J connectivity index is 3.12. The van der Waals surface area contributed by atoms with Crippen molar-refractivity contribution in [2.45, 2.75) is 32.9 Å². The monoisotopic (exact) mass is 262 g/mol. The summed E-state index contributed by atoms with van der Waals surface area (Å²) in [6, 6.07) is 2.34. The SMILES string of the molecule is CCC(C)N(C)c1cc(OC(F)F)c(F)cc1N. The van der Waals surface area contributed by atoms with E-state index in [9.17, 15) is 13.2 Å². The highest BCUT2D eigenvalue weighted by atomic mass is 19.3. The fourth-order valence-electron chi connectivity index (χ4n) is 1.56. The van der Waals surface area contributed by atoms with Gasteiger partial charge in [0.1, 0.15) is 0 Å². The lowest BCUT2D eigenvalue weighted by Crippen LogP contribution is -2.28. The summed E-state index contributed by atoms with van der Waals surface area (Å²) in [5, 5.41) is 0. The van der Waals surface area contributed by atoms with Gasteiger partial charge in [0, 0.05) is 25.2 Å². The van der Waals surface area contributed by atoms with Gasteiger partial charge in [-0.1, -0.05) is 6.92 Å². The fourth-order valence-corrected chi connectivity index (χ4v) is 1.56. The lowest BCUT2D eigenvalue weighted by Gasteiger charge is -2.27. The molecule has 0 spiro atoms. The number of hydrogen-bond donors (Lipinski definition) is 1. The van der Waals surface area contributed by atoms with Gasteiger partial charge in [0.25, 0.3) is 0 Å². The van der Waals surface area contributed by atoms with Crippen LogP contribution < -0.4 is 15.4 Å². The predicted molar refractivity (Wildman–Crippen MR) is 65.6 cm³/mol. The van der Waals surface area contributed by atoms with Gasteiger partial charge in [0.15, 0.2) is 11.6 Å². The van der Waals surface area contributed by atoms with Crippen LogP contribution in [0.2, 0.25) is 0 Å². The van der Waals surface area contributed by atoms with Gasteiger partial charge >= 0.3 is 6.61 Å². The highest BCUT2D eigenvalue weighted by Crippen LogP contribution is 2.32. The zero-order chi connectivity index (χ0) is 13.9. The van der Waals surface area contributed by atoms with Gasteiger partial charge in [-0.2, -0.15) is 8.78 Å². The maximum atomic E-state index is 13.4. The molecule has 18 heavy (non-hydrogen) atoms. The van der Waals surface area contributed by atoms with Crippen molar-refractivity contribution in [2.75, 3.05) is 17.7 Å². The second kappa shape index (κ2) is 5.84. The topological polar surface area (TPSA) is 38.5 Å². The van der Waals surface area contributed by atoms with Crippen LogP contribution >= 0.6 is 0 Å². The van der Waals surface area contributed by atoms with E-state index in [1.165, 1.54) is 6.07 Å². The highest BCUT2D eigenvalue weighted by molar-refractivity contribution is 5.70. The number of anilines is 2. The minimum absolute atomic E-state index is 0.150. The van der Waals surface area contributed by atoms with Crippen LogP contribution in [-0.4, -0.2) is 19.7 Å². The van der Waals surface area contributed by atoms with Gasteiger partial charge in [0.2, 0.25) is 0 Å². The van der Waals surface area contributed by atoms with Crippen molar-refractivity contribution in [2.24, 2.45) is 0 Å². The molecule has 1 aromatic rings. The van der Waals surface area contributed by atoms with Gasteiger partial charge < -0.3 is 15.4 Å². The average molecular weight is 262 g/mol. The minimum Gasteiger partial charge on any atom is -0.432 e. The number of alkyl halides is 2. The largest absolute Gasteiger partial charge is 0.432 e. The first-order valence-corrected chi connectivity index (χ1v) is 5.63. The molecule has 2 N–H and O–H groups in total. The Morgan fingerprint density at radius 1 is 1.39 bits per heavy atom. The van der Waals surface area contributed by atoms with E-state index in [2.05, 4.69) is 4.74 Å². The van der Waals surface area contributed by atoms with Crippen LogP contribution in [0.3, 0.4) is 0 Å². The van der Waals surface area contributed by atoms with Crippen LogP contribution in [0.4, 0.5) is 24.5 Å². The number of hydrogen-bond acceptors (Lipinski definition) is 3. The molecule has 0 bridgehead atoms. The van der Waals surface area contributed by atoms with E-state index >= 15 is 0 Å². The molecule has 3 nitrogen and oxygen atoms in total. The van der Waals surface area contributed by atoms with Crippen LogP contribution in [0.25, 0.3) is 0 Å². The Hall–Kier alpha value is -1.59. The summed E-state index contributed by atoms with van der Waals surface area (Å²) < 4.78 is 41.7. The second-order valence-corrected chi connectivity index (χ2v) is 4.09. The fraction of sp³-hybridized carbons (Fsp3) is 0.500. The molecule has 0 amide bonds. The molecular formula is C12H17F3N2O. The van der Waals surface area contributed by atoms with E-state index in [0.29, 0.717) is 5.69 Å². The molecule has 1 aromatic carbocycles. The van der Waals surface area contributed by atoms with E-state index in [1.54, 1.807) is 11.9 Å². The summed E-state index contributed by atoms with van der Waals surface area (Å²) in [4.78, 5) is 1.80. The molecule has 1 atom stereocenters. The Morgan fingerprint density at radius 2 is 2.00 bits per heavy atom. The summed E-state index contributed by atoms with van der Waals surface area (Å²) >= 11 is 0. The molecular weight excluding hydrogens is 245 g/mol. The Bertz CT molecular complexity index is 413. The first-order valence-electron chi connectivity index (χ1n) is 5.63. The quantitative estimate of drug-likeness (QED) is 0.828. The van der Waals surface area contributed by atoms with Gasteiger partial charge in [0.05, 0.1) is 11.4 Å². The van der Waals surface area contributed by atoms with Crippen molar-refractivity contribution < 1.29 is 17.9 Å². The van der Waals surface area contributed by atoms with Gasteiger partial charge in [-0.25, -0.2) is 4.39 Å². The molecule has 0 fully saturated rings. The third-order valence-electron chi connectivity index (χ3n) is 2.93. The standard InChI is InChI=1S/C12H17F3N2O/c1-4-7(2)17(3)10-6-11(18-12(14)15)8(13)5-9(10)16/h5-7,12H,4,16H2,1-3H3. The van der Waals surface area contributed by atoms with E-state index in [0.717, 1.165) is 12.5 Å². The van der Waals surface area contributed by atoms with Crippen LogP contribution in [0.15, 0.2) is 12.1 Å². The molecule has 0 aliphatic heterocycles. The number of rotatable bonds is 5. The molecule has 1 rings (SSSR count). The lowest BCUT2D eigenvalue weighted by molar-refractivity contribution is -0.0521. The molecule has 0 radical (unpaired) electrons. The van der Waals surface area contributed by atoms with Crippen molar-refractivity contribution in [1.29, 1.82) is 0 Å². The molecule has 0 aliphatic rings. The zero-order valence-electron chi connectivity index (χ0n) is 10.6. The van der Waals surface area contributed by atoms with Crippen molar-refractivity contribution in [3.05, 3.63) is 17.9 Å². The smallest absolute Gasteiger partial charge is 0.387 e. The first kappa shape index (κ1) is 14.5. The Labute approximate surface area is 104 Å². The summed E-state index contributed by atoms with van der Waals surface area (Å²) in [5.74, 6) is -1.39. The maximum Gasteiger partial charge on any atom is 0.387 e. The molecule has 0 heterocycles. The van der Waals surface area contributed by atoms with E-state index in [1.807, 2.05) is 13.8 Å². The summed E-state index contributed by atoms with van der Waals surface area (Å²) in [7, 11) is 1.77. The minimum atomic E-state index is -3.06. The van der Waals surface area contributed by atoms with Crippen molar-refractivity contribution in [1.82, 2.24) is 0 Å². The van der Waals surface area contributed by atoms with Crippen LogP contribution in [0.5, 0.6) is 5.75 Å². The number of ether oxygens (including phenoxy) is 1. The number of nitrogens with two attached hydrogens (primary N) is 1. The third-order valence-corrected chi connectivity index (χ3v) is 2.93. The maximum absolute atomic E-state index is 13.4. The third kappa shape index (κ3) is 3.21. The molecule has 0 aliphatic carbocycles. The summed E-state index contributed by atoms with van der Waals surface area (Å²) in [5.41, 5.74) is 6.35. The molecule has 0 saturated carbocycles. The van der Waals surface area contributed by atoms with E-state index in [4.69, 9.17) is 5.73 Å². The van der Waals surface area contributed by atoms with Crippen molar-refractivity contribution in [3.63, 3.8) is 0 Å². The van der Waals surface area contributed by atoms with E-state index in [-0.39, 0.29) is 11.7 Å². The average Bonchev–Trinajstić information content (AvgIpc) is 2.30. The molecule has 6 heteroatoms. The molecule has 102 valence electrons. The summed E-state index contributed by atoms with van der Waals surface area (Å²) in [6.07, 6.45) is 0.846. The Morgan fingerprint density at radius 3 is 2.50 bits per heavy atom. The lowest BCUT2D eigenvalue weighted by atomic mass is 10.1. The predicted octanol–water partition coefficient (Wildman–Crippen LogP) is 3.24. The molecule has 0 saturated heterocycles. The Kier molecular flexibility index (Phi) is 4.69. The van der Waals surface area contributed by atoms with Crippen molar-refractivity contribution >= 4 is 11.4 Å². The van der Waals surface area contributed by atoms with Gasteiger partial charge in [-0.3, -0.25) is 0 Å². The summed E-state index contributed by atoms with van der Waals surface area (Å²) in [6.45, 7) is 0.873. The second-order valence-electron chi connectivity index (χ2n) is 4.09. The highest BCUT2D eigenvalue weighted by Gasteiger charge is 2.17. The number of benzene rings is 1. The van der Waals surface area contributed by atoms with Crippen molar-refractivity contribution in [3.8, 4) is 5.75 Å². The van der Waals surface area contributed by atoms with Crippen LogP contribution in [0, 0.1) is 5.82 Å². The van der Waals surface area contributed by atoms with Gasteiger partial charge in [-0.05, 0) is 13.3 Å². The number of nitrogen functional groups attached to an aromatic ring is 1. The molecule has 0 aromatic heterocycles.